The maximum absolute atomic E-state index is 12.7. The van der Waals surface area contributed by atoms with Gasteiger partial charge in [-0.1, -0.05) is 5.11 Å². The van der Waals surface area contributed by atoms with Gasteiger partial charge in [0.2, 0.25) is 0 Å². The molecule has 0 fully saturated rings. The minimum atomic E-state index is -1.30. The van der Waals surface area contributed by atoms with E-state index in [1.54, 1.807) is 6.92 Å². The summed E-state index contributed by atoms with van der Waals surface area (Å²) in [7, 11) is 0. The molecule has 2 unspecified atom stereocenters. The third kappa shape index (κ3) is 2.90. The van der Waals surface area contributed by atoms with E-state index >= 15 is 0 Å². The first-order valence-electron chi connectivity index (χ1n) is 4.55. The van der Waals surface area contributed by atoms with Crippen molar-refractivity contribution in [1.82, 2.24) is 4.98 Å². The highest BCUT2D eigenvalue weighted by atomic mass is 19.1. The molecule has 2 atom stereocenters. The lowest BCUT2D eigenvalue weighted by Gasteiger charge is -2.16. The molecular formula is C9H11FN4O2. The fraction of sp³-hybridized carbons (Fsp3) is 0.444. The molecule has 0 aliphatic heterocycles. The van der Waals surface area contributed by atoms with Crippen molar-refractivity contribution in [2.45, 2.75) is 19.1 Å². The third-order valence-corrected chi connectivity index (χ3v) is 2.06. The second-order valence-corrected chi connectivity index (χ2v) is 3.28. The predicted molar refractivity (Wildman–Crippen MR) is 53.9 cm³/mol. The molecule has 1 heterocycles. The third-order valence-electron chi connectivity index (χ3n) is 2.06. The molecule has 7 heteroatoms. The Hall–Kier alpha value is -1.69. The van der Waals surface area contributed by atoms with Gasteiger partial charge in [0.05, 0.1) is 24.5 Å². The first-order valence-corrected chi connectivity index (χ1v) is 4.55. The van der Waals surface area contributed by atoms with E-state index in [-0.39, 0.29) is 12.2 Å². The lowest BCUT2D eigenvalue weighted by atomic mass is 10.1. The summed E-state index contributed by atoms with van der Waals surface area (Å²) in [5.41, 5.74) is 8.65. The van der Waals surface area contributed by atoms with E-state index in [2.05, 4.69) is 15.0 Å². The number of aryl methyl sites for hydroxylation is 1. The van der Waals surface area contributed by atoms with Crippen LogP contribution in [0.25, 0.3) is 10.4 Å². The zero-order chi connectivity index (χ0) is 12.1. The Morgan fingerprint density at radius 3 is 2.88 bits per heavy atom. The Bertz CT molecular complexity index is 420. The van der Waals surface area contributed by atoms with Gasteiger partial charge in [0, 0.05) is 4.91 Å². The number of azide groups is 1. The monoisotopic (exact) mass is 226 g/mol. The van der Waals surface area contributed by atoms with E-state index in [0.717, 1.165) is 6.20 Å². The molecule has 0 saturated carbocycles. The molecule has 16 heavy (non-hydrogen) atoms. The minimum absolute atomic E-state index is 0.169. The van der Waals surface area contributed by atoms with E-state index < -0.39 is 18.0 Å². The van der Waals surface area contributed by atoms with Gasteiger partial charge in [-0.3, -0.25) is 4.98 Å². The summed E-state index contributed by atoms with van der Waals surface area (Å²) < 4.78 is 12.7. The molecule has 0 radical (unpaired) electrons. The molecule has 0 aliphatic carbocycles. The molecule has 0 spiro atoms. The summed E-state index contributed by atoms with van der Waals surface area (Å²) in [6, 6.07) is 1.20. The average molecular weight is 226 g/mol. The zero-order valence-corrected chi connectivity index (χ0v) is 8.58. The Morgan fingerprint density at radius 1 is 1.62 bits per heavy atom. The van der Waals surface area contributed by atoms with E-state index in [9.17, 15) is 14.6 Å². The second kappa shape index (κ2) is 5.41. The standard InChI is InChI=1S/C9H11FN4O2/c1-5-2-6(10)3-12-8(5)9(16)7(15)4-13-14-11/h2-3,7,9,15-16H,4H2,1H3. The maximum atomic E-state index is 12.7. The van der Waals surface area contributed by atoms with Crippen molar-refractivity contribution >= 4 is 0 Å². The fourth-order valence-corrected chi connectivity index (χ4v) is 1.26. The average Bonchev–Trinajstić information content (AvgIpc) is 2.25. The van der Waals surface area contributed by atoms with Crippen LogP contribution < -0.4 is 0 Å². The molecule has 1 rings (SSSR count). The molecule has 86 valence electrons. The molecule has 0 aliphatic rings. The van der Waals surface area contributed by atoms with E-state index in [4.69, 9.17) is 5.53 Å². The van der Waals surface area contributed by atoms with Gasteiger partial charge < -0.3 is 10.2 Å². The van der Waals surface area contributed by atoms with Gasteiger partial charge >= 0.3 is 0 Å². The molecule has 0 aromatic carbocycles. The Morgan fingerprint density at radius 2 is 2.31 bits per heavy atom. The van der Waals surface area contributed by atoms with Gasteiger partial charge in [-0.2, -0.15) is 0 Å². The Labute approximate surface area is 91.0 Å². The van der Waals surface area contributed by atoms with Crippen LogP contribution >= 0.6 is 0 Å². The highest BCUT2D eigenvalue weighted by Gasteiger charge is 2.20. The van der Waals surface area contributed by atoms with Crippen molar-refractivity contribution in [3.8, 4) is 0 Å². The second-order valence-electron chi connectivity index (χ2n) is 3.28. The maximum Gasteiger partial charge on any atom is 0.141 e. The van der Waals surface area contributed by atoms with Crippen LogP contribution in [0.3, 0.4) is 0 Å². The largest absolute Gasteiger partial charge is 0.390 e. The number of pyridine rings is 1. The number of rotatable bonds is 4. The molecule has 6 nitrogen and oxygen atoms in total. The van der Waals surface area contributed by atoms with E-state index in [1.165, 1.54) is 6.07 Å². The molecule has 0 saturated heterocycles. The van der Waals surface area contributed by atoms with Crippen LogP contribution in [-0.4, -0.2) is 27.8 Å². The number of hydrogen-bond acceptors (Lipinski definition) is 4. The molecule has 0 amide bonds. The molecule has 2 N–H and O–H groups in total. The van der Waals surface area contributed by atoms with Crippen LogP contribution in [0.1, 0.15) is 17.4 Å². The van der Waals surface area contributed by atoms with Gasteiger partial charge in [-0.25, -0.2) is 4.39 Å². The van der Waals surface area contributed by atoms with Crippen LogP contribution in [0.5, 0.6) is 0 Å². The van der Waals surface area contributed by atoms with Crippen LogP contribution in [0, 0.1) is 12.7 Å². The van der Waals surface area contributed by atoms with Crippen molar-refractivity contribution in [2.75, 3.05) is 6.54 Å². The number of aliphatic hydroxyl groups is 2. The topological polar surface area (TPSA) is 102 Å². The number of aliphatic hydroxyl groups excluding tert-OH is 2. The highest BCUT2D eigenvalue weighted by molar-refractivity contribution is 5.21. The normalized spacial score (nSPS) is 14.0. The minimum Gasteiger partial charge on any atom is -0.390 e. The summed E-state index contributed by atoms with van der Waals surface area (Å²) in [6.45, 7) is 1.30. The van der Waals surface area contributed by atoms with Gasteiger partial charge in [0.1, 0.15) is 11.9 Å². The molecule has 1 aromatic rings. The van der Waals surface area contributed by atoms with Crippen molar-refractivity contribution < 1.29 is 14.6 Å². The highest BCUT2D eigenvalue weighted by Crippen LogP contribution is 2.19. The Balaban J connectivity index is 2.86. The lowest BCUT2D eigenvalue weighted by Crippen LogP contribution is -2.22. The SMILES string of the molecule is Cc1cc(F)cnc1C(O)C(O)CN=[N+]=[N-]. The summed E-state index contributed by atoms with van der Waals surface area (Å²) in [5.74, 6) is -0.516. The Kier molecular flexibility index (Phi) is 4.19. The van der Waals surface area contributed by atoms with E-state index in [1.807, 2.05) is 0 Å². The fourth-order valence-electron chi connectivity index (χ4n) is 1.26. The smallest absolute Gasteiger partial charge is 0.141 e. The quantitative estimate of drug-likeness (QED) is 0.458. The van der Waals surface area contributed by atoms with Crippen LogP contribution in [-0.2, 0) is 0 Å². The molecule has 1 aromatic heterocycles. The van der Waals surface area contributed by atoms with Crippen molar-refractivity contribution in [1.29, 1.82) is 0 Å². The van der Waals surface area contributed by atoms with Crippen molar-refractivity contribution in [2.24, 2.45) is 5.11 Å². The summed E-state index contributed by atoms with van der Waals surface area (Å²) in [4.78, 5) is 6.15. The van der Waals surface area contributed by atoms with Gasteiger partial charge in [0.25, 0.3) is 0 Å². The number of nitrogens with zero attached hydrogens (tertiary/aromatic N) is 4. The van der Waals surface area contributed by atoms with Crippen molar-refractivity contribution in [3.05, 3.63) is 39.8 Å². The summed E-state index contributed by atoms with van der Waals surface area (Å²) in [6.07, 6.45) is -1.61. The first kappa shape index (κ1) is 12.4. The van der Waals surface area contributed by atoms with Gasteiger partial charge in [-0.05, 0) is 24.1 Å². The lowest BCUT2D eigenvalue weighted by molar-refractivity contribution is 0.0213. The number of aromatic nitrogens is 1. The van der Waals surface area contributed by atoms with E-state index in [0.29, 0.717) is 5.56 Å². The molecule has 0 bridgehead atoms. The number of halogens is 1. The first-order chi connectivity index (χ1) is 7.56. The van der Waals surface area contributed by atoms with Crippen LogP contribution in [0.4, 0.5) is 4.39 Å². The van der Waals surface area contributed by atoms with Crippen LogP contribution in [0.2, 0.25) is 0 Å². The predicted octanol–water partition coefficient (Wildman–Crippen LogP) is 1.23. The summed E-state index contributed by atoms with van der Waals surface area (Å²) >= 11 is 0. The van der Waals surface area contributed by atoms with Crippen molar-refractivity contribution in [3.63, 3.8) is 0 Å². The zero-order valence-electron chi connectivity index (χ0n) is 8.58. The van der Waals surface area contributed by atoms with Gasteiger partial charge in [-0.15, -0.1) is 0 Å². The van der Waals surface area contributed by atoms with Gasteiger partial charge in [0.15, 0.2) is 0 Å². The summed E-state index contributed by atoms with van der Waals surface area (Å²) in [5, 5.41) is 22.3. The van der Waals surface area contributed by atoms with Crippen LogP contribution in [0.15, 0.2) is 17.4 Å². The molecular weight excluding hydrogens is 215 g/mol. The number of hydrogen-bond donors (Lipinski definition) is 2.